The summed E-state index contributed by atoms with van der Waals surface area (Å²) >= 11 is 0. The number of carbonyl (C=O) groups excluding carboxylic acids is 2. The summed E-state index contributed by atoms with van der Waals surface area (Å²) in [5.41, 5.74) is 0.419. The van der Waals surface area contributed by atoms with Crippen LogP contribution in [-0.4, -0.2) is 40.9 Å². The first-order chi connectivity index (χ1) is 13.3. The van der Waals surface area contributed by atoms with Gasteiger partial charge in [-0.15, -0.1) is 0 Å². The van der Waals surface area contributed by atoms with Gasteiger partial charge in [-0.05, 0) is 49.2 Å². The highest BCUT2D eigenvalue weighted by Gasteiger charge is 2.29. The van der Waals surface area contributed by atoms with Crippen molar-refractivity contribution < 1.29 is 28.3 Å². The van der Waals surface area contributed by atoms with Crippen LogP contribution < -0.4 is 5.32 Å². The van der Waals surface area contributed by atoms with Gasteiger partial charge < -0.3 is 15.3 Å². The molecule has 2 N–H and O–H groups in total. The van der Waals surface area contributed by atoms with Crippen molar-refractivity contribution in [3.8, 4) is 0 Å². The largest absolute Gasteiger partial charge is 0.478 e. The molecule has 28 heavy (non-hydrogen) atoms. The van der Waals surface area contributed by atoms with Crippen molar-refractivity contribution >= 4 is 23.5 Å². The third-order valence-corrected chi connectivity index (χ3v) is 4.71. The van der Waals surface area contributed by atoms with Crippen molar-refractivity contribution in [2.75, 3.05) is 18.4 Å². The Hall–Kier alpha value is -3.29. The number of rotatable bonds is 4. The summed E-state index contributed by atoms with van der Waals surface area (Å²) < 4.78 is 26.8. The first kappa shape index (κ1) is 19.5. The minimum absolute atomic E-state index is 0.123. The summed E-state index contributed by atoms with van der Waals surface area (Å²) in [7, 11) is 0. The van der Waals surface area contributed by atoms with Crippen molar-refractivity contribution in [1.82, 2.24) is 4.90 Å². The third kappa shape index (κ3) is 4.33. The smallest absolute Gasteiger partial charge is 0.335 e. The van der Waals surface area contributed by atoms with E-state index in [4.69, 9.17) is 5.11 Å². The van der Waals surface area contributed by atoms with Gasteiger partial charge in [0.25, 0.3) is 5.91 Å². The third-order valence-electron chi connectivity index (χ3n) is 4.71. The number of likely N-dealkylation sites (tertiary alicyclic amines) is 1. The molecule has 2 amide bonds. The molecule has 0 unspecified atom stereocenters. The Morgan fingerprint density at radius 3 is 2.21 bits per heavy atom. The summed E-state index contributed by atoms with van der Waals surface area (Å²) in [6.07, 6.45) is 0.821. The fourth-order valence-corrected chi connectivity index (χ4v) is 3.12. The number of nitrogens with zero attached hydrogens (tertiary/aromatic N) is 1. The molecule has 146 valence electrons. The van der Waals surface area contributed by atoms with Gasteiger partial charge >= 0.3 is 5.97 Å². The van der Waals surface area contributed by atoms with Crippen molar-refractivity contribution in [3.05, 3.63) is 65.2 Å². The predicted octanol–water partition coefficient (Wildman–Crippen LogP) is 3.15. The number of halogens is 2. The second-order valence-corrected chi connectivity index (χ2v) is 6.56. The molecular formula is C20H18F2N2O4. The van der Waals surface area contributed by atoms with E-state index >= 15 is 0 Å². The van der Waals surface area contributed by atoms with Gasteiger partial charge in [-0.1, -0.05) is 0 Å². The van der Waals surface area contributed by atoms with E-state index in [2.05, 4.69) is 5.32 Å². The van der Waals surface area contributed by atoms with Crippen LogP contribution in [0.5, 0.6) is 0 Å². The molecule has 0 aromatic heterocycles. The molecule has 2 aromatic rings. The molecule has 8 heteroatoms. The van der Waals surface area contributed by atoms with E-state index in [1.165, 1.54) is 29.2 Å². The highest BCUT2D eigenvalue weighted by Crippen LogP contribution is 2.22. The Morgan fingerprint density at radius 2 is 1.64 bits per heavy atom. The lowest BCUT2D eigenvalue weighted by Gasteiger charge is -2.31. The minimum Gasteiger partial charge on any atom is -0.478 e. The number of anilines is 1. The molecule has 0 radical (unpaired) electrons. The second-order valence-electron chi connectivity index (χ2n) is 6.56. The van der Waals surface area contributed by atoms with Crippen LogP contribution >= 0.6 is 0 Å². The molecule has 0 bridgehead atoms. The number of carboxylic acids is 1. The first-order valence-corrected chi connectivity index (χ1v) is 8.73. The van der Waals surface area contributed by atoms with Crippen LogP contribution in [0.2, 0.25) is 0 Å². The summed E-state index contributed by atoms with van der Waals surface area (Å²) in [5.74, 6) is -3.77. The summed E-state index contributed by atoms with van der Waals surface area (Å²) in [6, 6.07) is 8.64. The van der Waals surface area contributed by atoms with Crippen molar-refractivity contribution in [1.29, 1.82) is 0 Å². The monoisotopic (exact) mass is 388 g/mol. The number of aromatic carboxylic acids is 1. The molecular weight excluding hydrogens is 370 g/mol. The first-order valence-electron chi connectivity index (χ1n) is 8.73. The Labute approximate surface area is 159 Å². The maximum Gasteiger partial charge on any atom is 0.335 e. The molecule has 0 saturated carbocycles. The van der Waals surface area contributed by atoms with Crippen LogP contribution in [0.25, 0.3) is 0 Å². The molecule has 0 atom stereocenters. The van der Waals surface area contributed by atoms with E-state index in [1.54, 1.807) is 0 Å². The average molecular weight is 388 g/mol. The van der Waals surface area contributed by atoms with Crippen LogP contribution in [0.4, 0.5) is 14.5 Å². The zero-order valence-electron chi connectivity index (χ0n) is 14.8. The van der Waals surface area contributed by atoms with Gasteiger partial charge in [0.2, 0.25) is 5.91 Å². The van der Waals surface area contributed by atoms with Gasteiger partial charge in [0.15, 0.2) is 0 Å². The number of benzene rings is 2. The zero-order valence-corrected chi connectivity index (χ0v) is 14.8. The van der Waals surface area contributed by atoms with Crippen molar-refractivity contribution in [2.24, 2.45) is 5.92 Å². The van der Waals surface area contributed by atoms with Crippen LogP contribution in [0.1, 0.15) is 33.6 Å². The van der Waals surface area contributed by atoms with E-state index in [0.29, 0.717) is 24.6 Å². The lowest BCUT2D eigenvalue weighted by Crippen LogP contribution is -2.41. The van der Waals surface area contributed by atoms with E-state index < -0.39 is 23.5 Å². The van der Waals surface area contributed by atoms with Gasteiger partial charge in [0.1, 0.15) is 11.6 Å². The van der Waals surface area contributed by atoms with Gasteiger partial charge in [0.05, 0.1) is 11.1 Å². The summed E-state index contributed by atoms with van der Waals surface area (Å²) in [5, 5.41) is 11.6. The van der Waals surface area contributed by atoms with E-state index in [9.17, 15) is 23.2 Å². The Morgan fingerprint density at radius 1 is 1.00 bits per heavy atom. The Kier molecular flexibility index (Phi) is 5.67. The van der Waals surface area contributed by atoms with Crippen LogP contribution in [0.15, 0.2) is 42.5 Å². The molecule has 1 aliphatic rings. The standard InChI is InChI=1S/C20H18F2N2O4/c21-14-3-6-16(17(22)11-14)19(26)24-9-7-12(8-10-24)18(25)23-15-4-1-13(2-5-15)20(27)28/h1-6,11-12H,7-10H2,(H,23,25)(H,27,28). The zero-order chi connectivity index (χ0) is 20.3. The maximum absolute atomic E-state index is 13.8. The molecule has 1 saturated heterocycles. The van der Waals surface area contributed by atoms with Crippen molar-refractivity contribution in [2.45, 2.75) is 12.8 Å². The molecule has 1 heterocycles. The fourth-order valence-electron chi connectivity index (χ4n) is 3.12. The SMILES string of the molecule is O=C(O)c1ccc(NC(=O)C2CCN(C(=O)c3ccc(F)cc3F)CC2)cc1. The number of piperidine rings is 1. The Balaban J connectivity index is 1.56. The molecule has 2 aromatic carbocycles. The number of amides is 2. The van der Waals surface area contributed by atoms with Gasteiger partial charge in [-0.2, -0.15) is 0 Å². The molecule has 1 fully saturated rings. The number of hydrogen-bond acceptors (Lipinski definition) is 3. The summed E-state index contributed by atoms with van der Waals surface area (Å²) in [4.78, 5) is 37.1. The molecule has 3 rings (SSSR count). The lowest BCUT2D eigenvalue weighted by molar-refractivity contribution is -0.121. The molecule has 1 aliphatic heterocycles. The fraction of sp³-hybridized carbons (Fsp3) is 0.250. The predicted molar refractivity (Wildman–Crippen MR) is 97.0 cm³/mol. The lowest BCUT2D eigenvalue weighted by atomic mass is 9.95. The average Bonchev–Trinajstić information content (AvgIpc) is 2.68. The number of carboxylic acid groups (broad SMARTS) is 1. The van der Waals surface area contributed by atoms with Gasteiger partial charge in [-0.3, -0.25) is 9.59 Å². The highest BCUT2D eigenvalue weighted by atomic mass is 19.1. The maximum atomic E-state index is 13.8. The van der Waals surface area contributed by atoms with Gasteiger partial charge in [-0.25, -0.2) is 13.6 Å². The number of nitrogens with one attached hydrogen (secondary N) is 1. The highest BCUT2D eigenvalue weighted by molar-refractivity contribution is 5.96. The molecule has 6 nitrogen and oxygen atoms in total. The topological polar surface area (TPSA) is 86.7 Å². The number of carbonyl (C=O) groups is 3. The Bertz CT molecular complexity index is 907. The minimum atomic E-state index is -1.05. The molecule has 0 aliphatic carbocycles. The van der Waals surface area contributed by atoms with Crippen LogP contribution in [0, 0.1) is 17.6 Å². The van der Waals surface area contributed by atoms with Crippen molar-refractivity contribution in [3.63, 3.8) is 0 Å². The van der Waals surface area contributed by atoms with Crippen LogP contribution in [-0.2, 0) is 4.79 Å². The normalized spacial score (nSPS) is 14.6. The van der Waals surface area contributed by atoms with Crippen LogP contribution in [0.3, 0.4) is 0 Å². The van der Waals surface area contributed by atoms with E-state index in [1.807, 2.05) is 0 Å². The summed E-state index contributed by atoms with van der Waals surface area (Å²) in [6.45, 7) is 0.567. The van der Waals surface area contributed by atoms with E-state index in [-0.39, 0.29) is 36.0 Å². The molecule has 0 spiro atoms. The quantitative estimate of drug-likeness (QED) is 0.842. The van der Waals surface area contributed by atoms with E-state index in [0.717, 1.165) is 12.1 Å². The second kappa shape index (κ2) is 8.16. The van der Waals surface area contributed by atoms with Gasteiger partial charge in [0, 0.05) is 30.8 Å². The number of hydrogen-bond donors (Lipinski definition) is 2.